The number of amides is 2. The third kappa shape index (κ3) is 5.47. The summed E-state index contributed by atoms with van der Waals surface area (Å²) < 4.78 is 39.1. The van der Waals surface area contributed by atoms with E-state index in [2.05, 4.69) is 0 Å². The zero-order valence-corrected chi connectivity index (χ0v) is 16.3. The summed E-state index contributed by atoms with van der Waals surface area (Å²) in [6.07, 6.45) is -7.19. The molecular formula is C16H29ClF3N3O3. The van der Waals surface area contributed by atoms with Crippen molar-refractivity contribution in [1.29, 1.82) is 0 Å². The molecule has 26 heavy (non-hydrogen) atoms. The average molecular weight is 404 g/mol. The Hall–Kier alpha value is -1.06. The van der Waals surface area contributed by atoms with Gasteiger partial charge in [-0.25, -0.2) is 0 Å². The van der Waals surface area contributed by atoms with Crippen molar-refractivity contribution in [2.75, 3.05) is 6.54 Å². The van der Waals surface area contributed by atoms with Crippen LogP contribution in [0.15, 0.2) is 0 Å². The lowest BCUT2D eigenvalue weighted by Crippen LogP contribution is -2.60. The van der Waals surface area contributed by atoms with Crippen LogP contribution in [-0.4, -0.2) is 64.3 Å². The number of hydrogen-bond acceptors (Lipinski definition) is 4. The fraction of sp³-hybridized carbons (Fsp3) is 0.875. The average Bonchev–Trinajstić information content (AvgIpc) is 2.97. The Morgan fingerprint density at radius 1 is 1.27 bits per heavy atom. The molecule has 3 N–H and O–H groups in total. The van der Waals surface area contributed by atoms with Gasteiger partial charge in [0.1, 0.15) is 6.17 Å². The van der Waals surface area contributed by atoms with E-state index in [1.807, 2.05) is 0 Å². The summed E-state index contributed by atoms with van der Waals surface area (Å²) in [6, 6.07) is -2.27. The molecule has 1 rings (SSSR count). The van der Waals surface area contributed by atoms with E-state index in [9.17, 15) is 27.9 Å². The van der Waals surface area contributed by atoms with Gasteiger partial charge in [0.2, 0.25) is 12.3 Å². The first-order chi connectivity index (χ1) is 11.4. The van der Waals surface area contributed by atoms with Crippen molar-refractivity contribution < 1.29 is 27.9 Å². The summed E-state index contributed by atoms with van der Waals surface area (Å²) in [5.41, 5.74) is 5.88. The van der Waals surface area contributed by atoms with Gasteiger partial charge in [0.15, 0.2) is 6.10 Å². The second-order valence-electron chi connectivity index (χ2n) is 7.20. The second-order valence-corrected chi connectivity index (χ2v) is 7.20. The largest absolute Gasteiger partial charge is 0.416 e. The van der Waals surface area contributed by atoms with Crippen LogP contribution in [-0.2, 0) is 9.59 Å². The molecule has 0 radical (unpaired) electrons. The van der Waals surface area contributed by atoms with Gasteiger partial charge in [-0.3, -0.25) is 9.59 Å². The van der Waals surface area contributed by atoms with Crippen molar-refractivity contribution in [3.8, 4) is 0 Å². The Kier molecular flexibility index (Phi) is 9.36. The highest BCUT2D eigenvalue weighted by Crippen LogP contribution is 2.32. The minimum absolute atomic E-state index is 0. The maximum Gasteiger partial charge on any atom is 0.416 e. The molecule has 0 aromatic carbocycles. The van der Waals surface area contributed by atoms with Gasteiger partial charge in [-0.2, -0.15) is 13.2 Å². The van der Waals surface area contributed by atoms with Gasteiger partial charge in [-0.05, 0) is 24.7 Å². The maximum atomic E-state index is 13.0. The molecule has 0 aromatic heterocycles. The summed E-state index contributed by atoms with van der Waals surface area (Å²) in [5.74, 6) is -1.19. The lowest BCUT2D eigenvalue weighted by molar-refractivity contribution is -0.228. The van der Waals surface area contributed by atoms with E-state index in [1.165, 1.54) is 18.7 Å². The highest BCUT2D eigenvalue weighted by molar-refractivity contribution is 5.85. The normalized spacial score (nSPS) is 21.3. The first-order valence-corrected chi connectivity index (χ1v) is 8.47. The number of nitrogens with zero attached hydrogens (tertiary/aromatic N) is 2. The topological polar surface area (TPSA) is 86.9 Å². The summed E-state index contributed by atoms with van der Waals surface area (Å²) in [4.78, 5) is 26.5. The van der Waals surface area contributed by atoms with Gasteiger partial charge >= 0.3 is 6.18 Å². The monoisotopic (exact) mass is 403 g/mol. The number of halogens is 4. The molecule has 0 unspecified atom stereocenters. The lowest BCUT2D eigenvalue weighted by Gasteiger charge is -2.42. The third-order valence-electron chi connectivity index (χ3n) is 4.66. The van der Waals surface area contributed by atoms with Gasteiger partial charge in [0, 0.05) is 6.54 Å². The fourth-order valence-corrected chi connectivity index (χ4v) is 3.20. The maximum absolute atomic E-state index is 13.0. The van der Waals surface area contributed by atoms with E-state index in [-0.39, 0.29) is 24.7 Å². The van der Waals surface area contributed by atoms with Crippen LogP contribution in [0, 0.1) is 11.8 Å². The van der Waals surface area contributed by atoms with Crippen LogP contribution < -0.4 is 5.73 Å². The molecule has 1 aliphatic heterocycles. The smallest absolute Gasteiger partial charge is 0.382 e. The predicted octanol–water partition coefficient (Wildman–Crippen LogP) is 1.75. The van der Waals surface area contributed by atoms with Crippen molar-refractivity contribution >= 4 is 24.7 Å². The fourth-order valence-electron chi connectivity index (χ4n) is 3.20. The number of alkyl halides is 3. The van der Waals surface area contributed by atoms with Crippen molar-refractivity contribution in [1.82, 2.24) is 9.80 Å². The molecule has 4 atom stereocenters. The molecule has 10 heteroatoms. The Balaban J connectivity index is 0.00000625. The van der Waals surface area contributed by atoms with Crippen LogP contribution in [0.2, 0.25) is 0 Å². The van der Waals surface area contributed by atoms with E-state index >= 15 is 0 Å². The molecule has 1 aliphatic rings. The number of aliphatic hydroxyl groups is 1. The number of likely N-dealkylation sites (tertiary alicyclic amines) is 1. The van der Waals surface area contributed by atoms with Gasteiger partial charge in [0.05, 0.1) is 12.1 Å². The molecule has 1 fully saturated rings. The summed E-state index contributed by atoms with van der Waals surface area (Å²) >= 11 is 0. The number of aliphatic hydroxyl groups excluding tert-OH is 1. The minimum Gasteiger partial charge on any atom is -0.382 e. The Morgan fingerprint density at radius 3 is 2.19 bits per heavy atom. The predicted molar refractivity (Wildman–Crippen MR) is 93.4 cm³/mol. The SMILES string of the molecule is CC(C)[C@H](N)C(=O)N1CCC[C@H]1N(C=O)[C@@H](C(C)C)[C@H](O)C(F)(F)F.Cl. The van der Waals surface area contributed by atoms with Gasteiger partial charge in [-0.1, -0.05) is 27.7 Å². The molecule has 0 saturated carbocycles. The molecular weight excluding hydrogens is 375 g/mol. The quantitative estimate of drug-likeness (QED) is 0.634. The van der Waals surface area contributed by atoms with E-state index in [0.717, 1.165) is 4.90 Å². The zero-order chi connectivity index (χ0) is 19.5. The first kappa shape index (κ1) is 24.9. The Labute approximate surface area is 158 Å². The standard InChI is InChI=1S/C16H28F3N3O3.ClH/c1-9(2)12(20)15(25)21-7-5-6-11(21)22(8-23)13(10(3)4)14(24)16(17,18)19;/h8-14,24H,5-7,20H2,1-4H3;1H/t11-,12+,13+,14+;/m1./s1. The molecule has 0 aliphatic carbocycles. The van der Waals surface area contributed by atoms with Crippen LogP contribution >= 0.6 is 12.4 Å². The van der Waals surface area contributed by atoms with E-state index in [4.69, 9.17) is 5.73 Å². The molecule has 2 amide bonds. The summed E-state index contributed by atoms with van der Waals surface area (Å²) in [6.45, 7) is 6.86. The first-order valence-electron chi connectivity index (χ1n) is 8.47. The van der Waals surface area contributed by atoms with Crippen LogP contribution in [0.1, 0.15) is 40.5 Å². The van der Waals surface area contributed by atoms with E-state index in [1.54, 1.807) is 13.8 Å². The number of carbonyl (C=O) groups excluding carboxylic acids is 2. The van der Waals surface area contributed by atoms with Crippen molar-refractivity contribution in [3.63, 3.8) is 0 Å². The Morgan fingerprint density at radius 2 is 1.81 bits per heavy atom. The molecule has 154 valence electrons. The number of carbonyl (C=O) groups is 2. The van der Waals surface area contributed by atoms with E-state index < -0.39 is 42.4 Å². The summed E-state index contributed by atoms with van der Waals surface area (Å²) in [5, 5.41) is 9.75. The van der Waals surface area contributed by atoms with Crippen LogP contribution in [0.3, 0.4) is 0 Å². The number of hydrogen-bond donors (Lipinski definition) is 2. The second kappa shape index (κ2) is 9.75. The highest BCUT2D eigenvalue weighted by atomic mass is 35.5. The Bertz CT molecular complexity index is 477. The molecule has 0 bridgehead atoms. The van der Waals surface area contributed by atoms with Crippen molar-refractivity contribution in [3.05, 3.63) is 0 Å². The summed E-state index contributed by atoms with van der Waals surface area (Å²) in [7, 11) is 0. The highest BCUT2D eigenvalue weighted by Gasteiger charge is 2.49. The third-order valence-corrected chi connectivity index (χ3v) is 4.66. The van der Waals surface area contributed by atoms with Gasteiger partial charge in [-0.15, -0.1) is 12.4 Å². The number of nitrogens with two attached hydrogens (primary N) is 1. The minimum atomic E-state index is -4.86. The zero-order valence-electron chi connectivity index (χ0n) is 15.4. The number of rotatable bonds is 7. The molecule has 0 spiro atoms. The lowest BCUT2D eigenvalue weighted by atomic mass is 9.95. The van der Waals surface area contributed by atoms with Gasteiger partial charge in [0.25, 0.3) is 0 Å². The van der Waals surface area contributed by atoms with Crippen molar-refractivity contribution in [2.24, 2.45) is 17.6 Å². The van der Waals surface area contributed by atoms with Crippen LogP contribution in [0.5, 0.6) is 0 Å². The van der Waals surface area contributed by atoms with Crippen molar-refractivity contribution in [2.45, 2.75) is 71.1 Å². The molecule has 6 nitrogen and oxygen atoms in total. The van der Waals surface area contributed by atoms with Gasteiger partial charge < -0.3 is 20.6 Å². The molecule has 1 heterocycles. The van der Waals surface area contributed by atoms with Crippen LogP contribution in [0.25, 0.3) is 0 Å². The van der Waals surface area contributed by atoms with Crippen LogP contribution in [0.4, 0.5) is 13.2 Å². The molecule has 1 saturated heterocycles. The van der Waals surface area contributed by atoms with E-state index in [0.29, 0.717) is 19.4 Å². The molecule has 0 aromatic rings.